The summed E-state index contributed by atoms with van der Waals surface area (Å²) in [7, 11) is 0. The average Bonchev–Trinajstić information content (AvgIpc) is 2.93. The first-order chi connectivity index (χ1) is 19.2. The van der Waals surface area contributed by atoms with Crippen LogP contribution in [0.1, 0.15) is 200 Å². The van der Waals surface area contributed by atoms with Gasteiger partial charge in [0.25, 0.3) is 0 Å². The molecule has 0 aliphatic carbocycles. The smallest absolute Gasteiger partial charge is 0.305 e. The Labute approximate surface area is 245 Å². The summed E-state index contributed by atoms with van der Waals surface area (Å²) in [6, 6.07) is 0. The summed E-state index contributed by atoms with van der Waals surface area (Å²) in [4.78, 5) is 11.9. The molecule has 3 nitrogen and oxygen atoms in total. The number of aliphatic hydroxyl groups is 1. The summed E-state index contributed by atoms with van der Waals surface area (Å²) in [5, 5.41) is 9.98. The monoisotopic (exact) mass is 551 g/mol. The molecule has 1 N–H and O–H groups in total. The Morgan fingerprint density at radius 1 is 0.564 bits per heavy atom. The predicted molar refractivity (Wildman–Crippen MR) is 171 cm³/mol. The Morgan fingerprint density at radius 3 is 1.54 bits per heavy atom. The van der Waals surface area contributed by atoms with E-state index >= 15 is 0 Å². The number of aliphatic hydroxyl groups excluding tert-OH is 1. The van der Waals surface area contributed by atoms with Crippen molar-refractivity contribution in [1.82, 2.24) is 0 Å². The zero-order chi connectivity index (χ0) is 28.5. The molecule has 0 bridgehead atoms. The number of hydrogen-bond acceptors (Lipinski definition) is 3. The van der Waals surface area contributed by atoms with Crippen molar-refractivity contribution < 1.29 is 14.6 Å². The molecule has 3 heteroatoms. The molecule has 0 fully saturated rings. The van der Waals surface area contributed by atoms with E-state index in [1.807, 2.05) is 0 Å². The van der Waals surface area contributed by atoms with Gasteiger partial charge in [0.1, 0.15) is 0 Å². The Kier molecular flexibility index (Phi) is 32.7. The van der Waals surface area contributed by atoms with E-state index in [9.17, 15) is 9.90 Å². The summed E-state index contributed by atoms with van der Waals surface area (Å²) in [5.41, 5.74) is 0. The highest BCUT2D eigenvalue weighted by atomic mass is 16.5. The minimum Gasteiger partial charge on any atom is -0.466 e. The third kappa shape index (κ3) is 33.3. The highest BCUT2D eigenvalue weighted by molar-refractivity contribution is 5.69. The fourth-order valence-electron chi connectivity index (χ4n) is 5.27. The summed E-state index contributed by atoms with van der Waals surface area (Å²) in [6.07, 6.45) is 40.1. The zero-order valence-electron chi connectivity index (χ0n) is 26.7. The van der Waals surface area contributed by atoms with E-state index in [0.717, 1.165) is 44.9 Å². The van der Waals surface area contributed by atoms with Crippen LogP contribution in [0.4, 0.5) is 0 Å². The number of rotatable bonds is 32. The third-order valence-corrected chi connectivity index (χ3v) is 7.98. The quantitative estimate of drug-likeness (QED) is 0.0514. The van der Waals surface area contributed by atoms with Gasteiger partial charge in [0, 0.05) is 6.42 Å². The topological polar surface area (TPSA) is 46.5 Å². The van der Waals surface area contributed by atoms with E-state index in [4.69, 9.17) is 4.74 Å². The molecule has 0 saturated heterocycles. The van der Waals surface area contributed by atoms with E-state index in [-0.39, 0.29) is 12.1 Å². The lowest BCUT2D eigenvalue weighted by Gasteiger charge is -2.07. The van der Waals surface area contributed by atoms with Crippen LogP contribution in [0.15, 0.2) is 12.2 Å². The molecule has 0 spiro atoms. The first-order valence-electron chi connectivity index (χ1n) is 17.7. The van der Waals surface area contributed by atoms with Crippen molar-refractivity contribution in [3.63, 3.8) is 0 Å². The Balaban J connectivity index is 3.25. The number of hydrogen-bond donors (Lipinski definition) is 1. The van der Waals surface area contributed by atoms with Gasteiger partial charge in [-0.2, -0.15) is 0 Å². The van der Waals surface area contributed by atoms with Crippen LogP contribution in [-0.4, -0.2) is 23.8 Å². The van der Waals surface area contributed by atoms with E-state index in [1.54, 1.807) is 0 Å². The minimum absolute atomic E-state index is 0.00727. The number of esters is 1. The Hall–Kier alpha value is -0.830. The van der Waals surface area contributed by atoms with Crippen LogP contribution >= 0.6 is 0 Å². The number of ether oxygens (including phenoxy) is 1. The van der Waals surface area contributed by atoms with E-state index in [0.29, 0.717) is 13.0 Å². The first-order valence-corrected chi connectivity index (χ1v) is 17.7. The van der Waals surface area contributed by atoms with E-state index in [1.165, 1.54) is 135 Å². The van der Waals surface area contributed by atoms with Gasteiger partial charge in [-0.1, -0.05) is 167 Å². The summed E-state index contributed by atoms with van der Waals surface area (Å²) in [5.74, 6) is -0.00727. The Bertz CT molecular complexity index is 502. The molecular formula is C36H70O3. The fraction of sp³-hybridized carbons (Fsp3) is 0.917. The maximum absolute atomic E-state index is 11.9. The molecule has 0 aromatic rings. The number of allylic oxidation sites excluding steroid dienone is 1. The number of carbonyl (C=O) groups excluding carboxylic acids is 1. The summed E-state index contributed by atoms with van der Waals surface area (Å²) >= 11 is 0. The third-order valence-electron chi connectivity index (χ3n) is 7.98. The van der Waals surface area contributed by atoms with Crippen LogP contribution in [0.3, 0.4) is 0 Å². The molecule has 0 heterocycles. The van der Waals surface area contributed by atoms with Gasteiger partial charge in [0.15, 0.2) is 0 Å². The molecule has 1 unspecified atom stereocenters. The summed E-state index contributed by atoms with van der Waals surface area (Å²) in [6.45, 7) is 5.11. The van der Waals surface area contributed by atoms with Gasteiger partial charge in [-0.15, -0.1) is 0 Å². The first kappa shape index (κ1) is 38.2. The van der Waals surface area contributed by atoms with E-state index in [2.05, 4.69) is 26.0 Å². The second-order valence-electron chi connectivity index (χ2n) is 12.0. The summed E-state index contributed by atoms with van der Waals surface area (Å²) < 4.78 is 5.42. The molecule has 0 rings (SSSR count). The highest BCUT2D eigenvalue weighted by Gasteiger charge is 2.03. The molecule has 0 aliphatic heterocycles. The molecule has 0 aliphatic rings. The molecule has 0 radical (unpaired) electrons. The van der Waals surface area contributed by atoms with Crippen molar-refractivity contribution in [2.45, 2.75) is 206 Å². The fourth-order valence-corrected chi connectivity index (χ4v) is 5.27. The Morgan fingerprint density at radius 2 is 1.00 bits per heavy atom. The van der Waals surface area contributed by atoms with Crippen molar-refractivity contribution >= 4 is 5.97 Å². The molecule has 1 atom stereocenters. The SMILES string of the molecule is CCCCCCCCCCCCCCCCCCOC(=O)CCCCCCC/C=C/CC(O)CCCCCC. The molecule has 39 heavy (non-hydrogen) atoms. The molecule has 232 valence electrons. The van der Waals surface area contributed by atoms with Crippen LogP contribution in [-0.2, 0) is 9.53 Å². The molecule has 0 saturated carbocycles. The molecule has 0 amide bonds. The van der Waals surface area contributed by atoms with Crippen LogP contribution in [0.25, 0.3) is 0 Å². The highest BCUT2D eigenvalue weighted by Crippen LogP contribution is 2.14. The molecular weight excluding hydrogens is 480 g/mol. The van der Waals surface area contributed by atoms with Crippen LogP contribution in [0, 0.1) is 0 Å². The predicted octanol–water partition coefficient (Wildman–Crippen LogP) is 11.8. The standard InChI is InChI=1S/C36H70O3/c1-3-5-7-9-10-11-12-13-14-15-16-17-20-23-26-30-34-39-36(38)33-29-25-22-19-18-21-24-28-32-35(37)31-27-8-6-4-2/h24,28,35,37H,3-23,25-27,29-34H2,1-2H3/b28-24+. The zero-order valence-corrected chi connectivity index (χ0v) is 26.7. The van der Waals surface area contributed by atoms with Gasteiger partial charge in [0.05, 0.1) is 12.7 Å². The van der Waals surface area contributed by atoms with Gasteiger partial charge < -0.3 is 9.84 Å². The lowest BCUT2D eigenvalue weighted by Crippen LogP contribution is -2.05. The largest absolute Gasteiger partial charge is 0.466 e. The average molecular weight is 551 g/mol. The van der Waals surface area contributed by atoms with Crippen molar-refractivity contribution in [3.05, 3.63) is 12.2 Å². The van der Waals surface area contributed by atoms with Gasteiger partial charge in [-0.3, -0.25) is 4.79 Å². The molecule has 0 aromatic heterocycles. The maximum atomic E-state index is 11.9. The van der Waals surface area contributed by atoms with Crippen LogP contribution in [0.2, 0.25) is 0 Å². The van der Waals surface area contributed by atoms with Crippen LogP contribution in [0.5, 0.6) is 0 Å². The second kappa shape index (κ2) is 33.4. The van der Waals surface area contributed by atoms with E-state index < -0.39 is 0 Å². The van der Waals surface area contributed by atoms with Crippen LogP contribution < -0.4 is 0 Å². The lowest BCUT2D eigenvalue weighted by molar-refractivity contribution is -0.143. The van der Waals surface area contributed by atoms with Gasteiger partial charge >= 0.3 is 5.97 Å². The van der Waals surface area contributed by atoms with Gasteiger partial charge in [-0.25, -0.2) is 0 Å². The van der Waals surface area contributed by atoms with Gasteiger partial charge in [-0.05, 0) is 38.5 Å². The number of carbonyl (C=O) groups is 1. The molecule has 0 aromatic carbocycles. The van der Waals surface area contributed by atoms with Crippen molar-refractivity contribution in [3.8, 4) is 0 Å². The maximum Gasteiger partial charge on any atom is 0.305 e. The van der Waals surface area contributed by atoms with Crippen molar-refractivity contribution in [1.29, 1.82) is 0 Å². The second-order valence-corrected chi connectivity index (χ2v) is 12.0. The van der Waals surface area contributed by atoms with Crippen molar-refractivity contribution in [2.24, 2.45) is 0 Å². The van der Waals surface area contributed by atoms with Gasteiger partial charge in [0.2, 0.25) is 0 Å². The normalized spacial score (nSPS) is 12.4. The lowest BCUT2D eigenvalue weighted by atomic mass is 10.0. The minimum atomic E-state index is -0.165. The van der Waals surface area contributed by atoms with Crippen molar-refractivity contribution in [2.75, 3.05) is 6.61 Å². The number of unbranched alkanes of at least 4 members (excludes halogenated alkanes) is 23.